The van der Waals surface area contributed by atoms with Crippen LogP contribution in [0.1, 0.15) is 139 Å². The third-order valence-electron chi connectivity index (χ3n) is 15.5. The van der Waals surface area contributed by atoms with Gasteiger partial charge in [-0.05, 0) is 127 Å². The third-order valence-corrected chi connectivity index (χ3v) is 15.5. The second-order valence-corrected chi connectivity index (χ2v) is 21.4. The largest absolute Gasteiger partial charge is 0.460 e. The topological polar surface area (TPSA) is 177 Å². The number of piperidine rings is 1. The number of methoxy groups -OCH3 is 3. The van der Waals surface area contributed by atoms with Crippen molar-refractivity contribution in [3.05, 3.63) is 47.6 Å². The average Bonchev–Trinajstić information content (AvgIpc) is 3.30. The number of amides is 1. The van der Waals surface area contributed by atoms with Gasteiger partial charge in [-0.3, -0.25) is 14.4 Å². The number of Topliss-reactive ketones (excluding diaryl/α,β-unsaturated/α-hetero) is 2. The standard InChI is InChI=1S/C54H85NO13/c1-32-18-14-13-15-19-33(2)44(62-10)30-40-23-21-38(7)54(61,66-40)50(58)51(59)55-25-17-16-20-41(55)52(60)65-45(35(4)28-39-22-24-42(56)46(29-39)63-11)31-43(57)34(3)27-37(6)48-49(64-12)47(36(5)26-32)67-53(8,9)68-48/h13-15,18-19,27,32,34-36,38-42,44-49,56,61H,16-17,20-26,28-31H2,1-12H3/b15-13+,18-14+,33-19?,37-27+/t32?,34?,35?,36-,38-,39?,40?,41?,42?,44?,45?,46?,47?,48?,49?,54?/m1/s1. The van der Waals surface area contributed by atoms with E-state index in [9.17, 15) is 29.4 Å². The molecule has 384 valence electrons. The third kappa shape index (κ3) is 14.1. The van der Waals surface area contributed by atoms with Crippen LogP contribution in [0, 0.1) is 35.5 Å². The zero-order valence-corrected chi connectivity index (χ0v) is 43.1. The summed E-state index contributed by atoms with van der Waals surface area (Å²) in [5, 5.41) is 22.5. The normalized spacial score (nSPS) is 41.1. The van der Waals surface area contributed by atoms with Gasteiger partial charge in [-0.1, -0.05) is 71.1 Å². The van der Waals surface area contributed by atoms with Crippen molar-refractivity contribution in [1.29, 1.82) is 0 Å². The monoisotopic (exact) mass is 956 g/mol. The van der Waals surface area contributed by atoms with Crippen LogP contribution in [-0.4, -0.2) is 133 Å². The van der Waals surface area contributed by atoms with E-state index in [-0.39, 0.29) is 67.2 Å². The number of aliphatic hydroxyl groups is 2. The van der Waals surface area contributed by atoms with Crippen LogP contribution in [0.25, 0.3) is 0 Å². The van der Waals surface area contributed by atoms with E-state index in [1.54, 1.807) is 28.3 Å². The Kier molecular flexibility index (Phi) is 20.4. The number of carbonyl (C=O) groups excluding carboxylic acids is 4. The summed E-state index contributed by atoms with van der Waals surface area (Å²) in [4.78, 5) is 58.8. The minimum atomic E-state index is -2.41. The molecule has 14 heteroatoms. The molecule has 5 aliphatic rings. The maximum absolute atomic E-state index is 14.5. The van der Waals surface area contributed by atoms with E-state index in [2.05, 4.69) is 19.9 Å². The number of hydrogen-bond donors (Lipinski definition) is 2. The molecule has 0 spiro atoms. The van der Waals surface area contributed by atoms with Crippen LogP contribution < -0.4 is 0 Å². The van der Waals surface area contributed by atoms with Gasteiger partial charge in [0, 0.05) is 52.6 Å². The van der Waals surface area contributed by atoms with Crippen LogP contribution >= 0.6 is 0 Å². The van der Waals surface area contributed by atoms with Crippen molar-refractivity contribution in [1.82, 2.24) is 4.90 Å². The lowest BCUT2D eigenvalue weighted by molar-refractivity contribution is -0.336. The van der Waals surface area contributed by atoms with Gasteiger partial charge in [-0.15, -0.1) is 0 Å². The van der Waals surface area contributed by atoms with Crippen molar-refractivity contribution in [3.63, 3.8) is 0 Å². The number of ether oxygens (including phenoxy) is 7. The fourth-order valence-corrected chi connectivity index (χ4v) is 11.3. The van der Waals surface area contributed by atoms with Crippen LogP contribution in [0.5, 0.6) is 0 Å². The lowest BCUT2D eigenvalue weighted by Gasteiger charge is -2.48. The quantitative estimate of drug-likeness (QED) is 0.150. The second-order valence-electron chi connectivity index (χ2n) is 21.4. The molecule has 4 aliphatic heterocycles. The Bertz CT molecular complexity index is 1840. The highest BCUT2D eigenvalue weighted by Gasteiger charge is 2.53. The van der Waals surface area contributed by atoms with Crippen molar-refractivity contribution in [2.45, 2.75) is 206 Å². The maximum atomic E-state index is 14.5. The molecule has 0 radical (unpaired) electrons. The summed E-state index contributed by atoms with van der Waals surface area (Å²) in [7, 11) is 4.86. The molecule has 14 nitrogen and oxygen atoms in total. The molecule has 4 fully saturated rings. The molecule has 68 heavy (non-hydrogen) atoms. The highest BCUT2D eigenvalue weighted by molar-refractivity contribution is 6.39. The molecule has 0 aromatic heterocycles. The average molecular weight is 956 g/mol. The molecule has 4 heterocycles. The Morgan fingerprint density at radius 3 is 2.26 bits per heavy atom. The number of fused-ring (bicyclic) bond motifs is 5. The molecule has 2 N–H and O–H groups in total. The van der Waals surface area contributed by atoms with Crippen LogP contribution in [0.15, 0.2) is 47.6 Å². The van der Waals surface area contributed by atoms with Gasteiger partial charge in [-0.25, -0.2) is 4.79 Å². The minimum absolute atomic E-state index is 0.0820. The fraction of sp³-hybridized carbons (Fsp3) is 0.778. The number of hydrogen-bond acceptors (Lipinski definition) is 13. The number of ketones is 2. The zero-order chi connectivity index (χ0) is 50.1. The number of esters is 1. The summed E-state index contributed by atoms with van der Waals surface area (Å²) < 4.78 is 43.3. The zero-order valence-electron chi connectivity index (χ0n) is 43.1. The molecule has 16 atom stereocenters. The van der Waals surface area contributed by atoms with Gasteiger partial charge in [0.2, 0.25) is 5.79 Å². The van der Waals surface area contributed by atoms with E-state index < -0.39 is 77.6 Å². The second kappa shape index (κ2) is 24.8. The van der Waals surface area contributed by atoms with Gasteiger partial charge in [-0.2, -0.15) is 0 Å². The lowest BCUT2D eigenvalue weighted by atomic mass is 9.78. The van der Waals surface area contributed by atoms with E-state index in [0.717, 1.165) is 24.0 Å². The molecular weight excluding hydrogens is 871 g/mol. The molecule has 1 amide bonds. The summed E-state index contributed by atoms with van der Waals surface area (Å²) in [6.07, 6.45) is 14.1. The highest BCUT2D eigenvalue weighted by atomic mass is 16.7. The van der Waals surface area contributed by atoms with Gasteiger partial charge in [0.25, 0.3) is 11.7 Å². The summed E-state index contributed by atoms with van der Waals surface area (Å²) in [5.41, 5.74) is 1.75. The van der Waals surface area contributed by atoms with E-state index in [4.69, 9.17) is 33.2 Å². The molecule has 14 unspecified atom stereocenters. The van der Waals surface area contributed by atoms with Crippen molar-refractivity contribution in [3.8, 4) is 0 Å². The van der Waals surface area contributed by atoms with E-state index in [0.29, 0.717) is 51.4 Å². The van der Waals surface area contributed by atoms with Crippen LogP contribution in [0.2, 0.25) is 0 Å². The van der Waals surface area contributed by atoms with Crippen molar-refractivity contribution >= 4 is 23.4 Å². The Hall–Kier alpha value is -3.08. The molecule has 1 saturated carbocycles. The Balaban J connectivity index is 1.50. The van der Waals surface area contributed by atoms with Gasteiger partial charge in [0.05, 0.1) is 30.5 Å². The minimum Gasteiger partial charge on any atom is -0.460 e. The number of rotatable bonds is 6. The highest BCUT2D eigenvalue weighted by Crippen LogP contribution is 2.40. The molecule has 1 aliphatic carbocycles. The van der Waals surface area contributed by atoms with Gasteiger partial charge < -0.3 is 48.3 Å². The molecule has 3 saturated heterocycles. The van der Waals surface area contributed by atoms with E-state index >= 15 is 0 Å². The first kappa shape index (κ1) is 55.8. The predicted octanol–water partition coefficient (Wildman–Crippen LogP) is 7.77. The maximum Gasteiger partial charge on any atom is 0.329 e. The van der Waals surface area contributed by atoms with Crippen LogP contribution in [-0.2, 0) is 52.3 Å². The number of aliphatic hydroxyl groups excluding tert-OH is 1. The molecule has 0 aromatic carbocycles. The number of nitrogens with zero attached hydrogens (tertiary/aromatic N) is 1. The van der Waals surface area contributed by atoms with Crippen LogP contribution in [0.3, 0.4) is 0 Å². The number of allylic oxidation sites excluding steroid dienone is 6. The first-order valence-corrected chi connectivity index (χ1v) is 25.4. The van der Waals surface area contributed by atoms with Gasteiger partial charge in [0.15, 0.2) is 5.79 Å². The summed E-state index contributed by atoms with van der Waals surface area (Å²) in [6.45, 7) is 17.7. The predicted molar refractivity (Wildman–Crippen MR) is 258 cm³/mol. The van der Waals surface area contributed by atoms with Gasteiger partial charge >= 0.3 is 5.97 Å². The summed E-state index contributed by atoms with van der Waals surface area (Å²) in [6, 6.07) is -1.10. The fourth-order valence-electron chi connectivity index (χ4n) is 11.3. The first-order chi connectivity index (χ1) is 32.1. The van der Waals surface area contributed by atoms with Crippen molar-refractivity contribution < 1.29 is 62.5 Å². The van der Waals surface area contributed by atoms with Crippen molar-refractivity contribution in [2.24, 2.45) is 35.5 Å². The first-order valence-electron chi connectivity index (χ1n) is 25.4. The van der Waals surface area contributed by atoms with Crippen molar-refractivity contribution in [2.75, 3.05) is 27.9 Å². The molecule has 5 rings (SSSR count). The lowest BCUT2D eigenvalue weighted by Crippen LogP contribution is -2.61. The Morgan fingerprint density at radius 2 is 1.57 bits per heavy atom. The van der Waals surface area contributed by atoms with Crippen LogP contribution in [0.4, 0.5) is 0 Å². The smallest absolute Gasteiger partial charge is 0.329 e. The summed E-state index contributed by atoms with van der Waals surface area (Å²) in [5.74, 6) is -7.40. The SMILES string of the molecule is COC1CC2CC[C@@H](C)C(O)(O2)C(=O)C(=O)N2CCCCC2C(=O)OC(C(C)CC2CCC(O)C(OC)C2)CC(=O)C(C)/C=C(\C)C2OC(C)(C)OC(C2OC)[C@H](C)CC(C)/C=C/C=C/C=C1C. The molecule has 0 aromatic rings. The molecule has 4 bridgehead atoms. The number of cyclic esters (lactones) is 1. The Labute approximate surface area is 406 Å². The molecular formula is C54H85NO13. The number of carbonyl (C=O) groups is 4. The summed E-state index contributed by atoms with van der Waals surface area (Å²) >= 11 is 0. The van der Waals surface area contributed by atoms with E-state index in [1.165, 1.54) is 4.90 Å². The van der Waals surface area contributed by atoms with E-state index in [1.807, 2.05) is 71.9 Å². The van der Waals surface area contributed by atoms with Gasteiger partial charge in [0.1, 0.15) is 30.1 Å². The Morgan fingerprint density at radius 1 is 0.838 bits per heavy atom.